The summed E-state index contributed by atoms with van der Waals surface area (Å²) in [6, 6.07) is 4.10. The van der Waals surface area contributed by atoms with Crippen molar-refractivity contribution in [1.82, 2.24) is 10.2 Å². The first-order valence-corrected chi connectivity index (χ1v) is 13.4. The summed E-state index contributed by atoms with van der Waals surface area (Å²) in [6.07, 6.45) is 9.33. The van der Waals surface area contributed by atoms with Crippen molar-refractivity contribution in [2.45, 2.75) is 103 Å². The summed E-state index contributed by atoms with van der Waals surface area (Å²) >= 11 is 0. The number of nitrogens with one attached hydrogen (secondary N) is 2. The Morgan fingerprint density at radius 2 is 1.57 bits per heavy atom. The number of anilines is 1. The third-order valence-corrected chi connectivity index (χ3v) is 6.50. The van der Waals surface area contributed by atoms with Gasteiger partial charge in [0, 0.05) is 25.1 Å². The fourth-order valence-electron chi connectivity index (χ4n) is 4.66. The topological polar surface area (TPSA) is 122 Å². The molecule has 0 aromatic heterocycles. The van der Waals surface area contributed by atoms with E-state index in [1.807, 2.05) is 20.8 Å². The third-order valence-electron chi connectivity index (χ3n) is 6.50. The molecule has 0 aliphatic carbocycles. The van der Waals surface area contributed by atoms with Crippen LogP contribution in [0.5, 0.6) is 0 Å². The molecule has 1 unspecified atom stereocenters. The van der Waals surface area contributed by atoms with Crippen molar-refractivity contribution in [2.24, 2.45) is 0 Å². The number of amides is 4. The van der Waals surface area contributed by atoms with Crippen molar-refractivity contribution < 1.29 is 28.7 Å². The Bertz CT molecular complexity index is 1030. The summed E-state index contributed by atoms with van der Waals surface area (Å²) in [6.45, 7) is 6.41. The van der Waals surface area contributed by atoms with Gasteiger partial charge in [0.15, 0.2) is 0 Å². The van der Waals surface area contributed by atoms with E-state index in [4.69, 9.17) is 4.74 Å². The van der Waals surface area contributed by atoms with Gasteiger partial charge in [-0.3, -0.25) is 34.2 Å². The van der Waals surface area contributed by atoms with E-state index >= 15 is 0 Å². The highest BCUT2D eigenvalue weighted by Crippen LogP contribution is 2.29. The van der Waals surface area contributed by atoms with Crippen molar-refractivity contribution in [3.63, 3.8) is 0 Å². The van der Waals surface area contributed by atoms with Crippen LogP contribution in [0.2, 0.25) is 0 Å². The molecule has 0 radical (unpaired) electrons. The molecule has 0 spiro atoms. The summed E-state index contributed by atoms with van der Waals surface area (Å²) in [5.74, 6) is -2.11. The molecule has 1 aromatic carbocycles. The van der Waals surface area contributed by atoms with Crippen LogP contribution in [0.1, 0.15) is 112 Å². The lowest BCUT2D eigenvalue weighted by Gasteiger charge is -2.27. The molecule has 37 heavy (non-hydrogen) atoms. The van der Waals surface area contributed by atoms with Crippen LogP contribution in [0.15, 0.2) is 18.2 Å². The van der Waals surface area contributed by atoms with E-state index in [9.17, 15) is 24.0 Å². The molecule has 2 aliphatic rings. The number of hydrogen-bond acceptors (Lipinski definition) is 7. The van der Waals surface area contributed by atoms with Gasteiger partial charge in [0.1, 0.15) is 11.6 Å². The summed E-state index contributed by atoms with van der Waals surface area (Å²) in [7, 11) is 0. The minimum atomic E-state index is -0.952. The number of ether oxygens (including phenoxy) is 1. The van der Waals surface area contributed by atoms with Crippen LogP contribution in [0.25, 0.3) is 0 Å². The van der Waals surface area contributed by atoms with Crippen LogP contribution < -0.4 is 10.6 Å². The Morgan fingerprint density at radius 1 is 0.946 bits per heavy atom. The Balaban J connectivity index is 1.30. The van der Waals surface area contributed by atoms with Crippen LogP contribution in [0, 0.1) is 0 Å². The standard InChI is InChI=1S/C28H39N3O6/c1-28(2,3)37-24(33)12-10-8-6-4-5-7-9-11-17-29-19-13-14-20-21(18-19)27(36)31(26(20)35)22-15-16-23(32)30-25(22)34/h13-14,18,22,29H,4-12,15-17H2,1-3H3,(H,30,32,34). The normalized spacial score (nSPS) is 17.6. The van der Waals surface area contributed by atoms with E-state index in [0.717, 1.165) is 68.5 Å². The number of fused-ring (bicyclic) bond motifs is 1. The van der Waals surface area contributed by atoms with Crippen molar-refractivity contribution in [1.29, 1.82) is 0 Å². The van der Waals surface area contributed by atoms with Gasteiger partial charge in [0.05, 0.1) is 11.1 Å². The molecular weight excluding hydrogens is 474 g/mol. The molecule has 2 N–H and O–H groups in total. The fourth-order valence-corrected chi connectivity index (χ4v) is 4.66. The van der Waals surface area contributed by atoms with E-state index in [1.54, 1.807) is 18.2 Å². The maximum atomic E-state index is 12.9. The lowest BCUT2D eigenvalue weighted by Crippen LogP contribution is -2.54. The summed E-state index contributed by atoms with van der Waals surface area (Å²) in [5, 5.41) is 5.52. The van der Waals surface area contributed by atoms with Gasteiger partial charge in [-0.05, 0) is 58.2 Å². The monoisotopic (exact) mass is 513 g/mol. The number of carbonyl (C=O) groups is 5. The summed E-state index contributed by atoms with van der Waals surface area (Å²) in [4.78, 5) is 61.9. The molecule has 2 aliphatic heterocycles. The van der Waals surface area contributed by atoms with Gasteiger partial charge in [0.25, 0.3) is 11.8 Å². The average molecular weight is 514 g/mol. The molecule has 9 heteroatoms. The van der Waals surface area contributed by atoms with Crippen LogP contribution in [-0.2, 0) is 19.1 Å². The lowest BCUT2D eigenvalue weighted by atomic mass is 10.0. The van der Waals surface area contributed by atoms with Crippen molar-refractivity contribution in [3.05, 3.63) is 29.3 Å². The lowest BCUT2D eigenvalue weighted by molar-refractivity contribution is -0.155. The predicted molar refractivity (Wildman–Crippen MR) is 139 cm³/mol. The second kappa shape index (κ2) is 12.8. The van der Waals surface area contributed by atoms with Gasteiger partial charge in [0.2, 0.25) is 11.8 Å². The maximum Gasteiger partial charge on any atom is 0.306 e. The van der Waals surface area contributed by atoms with Crippen molar-refractivity contribution in [2.75, 3.05) is 11.9 Å². The molecule has 1 saturated heterocycles. The number of imide groups is 2. The number of carbonyl (C=O) groups excluding carboxylic acids is 5. The van der Waals surface area contributed by atoms with E-state index in [1.165, 1.54) is 0 Å². The fraction of sp³-hybridized carbons (Fsp3) is 0.607. The molecule has 0 saturated carbocycles. The number of unbranched alkanes of at least 4 members (excludes halogenated alkanes) is 7. The highest BCUT2D eigenvalue weighted by molar-refractivity contribution is 6.23. The second-order valence-corrected chi connectivity index (χ2v) is 10.8. The molecule has 1 fully saturated rings. The number of benzene rings is 1. The number of hydrogen-bond donors (Lipinski definition) is 2. The minimum Gasteiger partial charge on any atom is -0.460 e. The number of nitrogens with zero attached hydrogens (tertiary/aromatic N) is 1. The van der Waals surface area contributed by atoms with Crippen LogP contribution in [0.4, 0.5) is 5.69 Å². The van der Waals surface area contributed by atoms with Crippen molar-refractivity contribution >= 4 is 35.3 Å². The van der Waals surface area contributed by atoms with Gasteiger partial charge in [-0.2, -0.15) is 0 Å². The van der Waals surface area contributed by atoms with Gasteiger partial charge in [-0.15, -0.1) is 0 Å². The van der Waals surface area contributed by atoms with E-state index in [0.29, 0.717) is 6.42 Å². The number of rotatable bonds is 13. The molecule has 4 amide bonds. The van der Waals surface area contributed by atoms with E-state index in [2.05, 4.69) is 10.6 Å². The molecule has 9 nitrogen and oxygen atoms in total. The second-order valence-electron chi connectivity index (χ2n) is 10.8. The van der Waals surface area contributed by atoms with Crippen LogP contribution in [0.3, 0.4) is 0 Å². The largest absolute Gasteiger partial charge is 0.460 e. The molecule has 0 bridgehead atoms. The molecule has 1 atom stereocenters. The molecule has 2 heterocycles. The highest BCUT2D eigenvalue weighted by Gasteiger charge is 2.44. The minimum absolute atomic E-state index is 0.102. The van der Waals surface area contributed by atoms with Gasteiger partial charge in [-0.25, -0.2) is 0 Å². The third kappa shape index (κ3) is 8.13. The zero-order valence-electron chi connectivity index (χ0n) is 22.2. The number of piperidine rings is 1. The molecular formula is C28H39N3O6. The number of esters is 1. The van der Waals surface area contributed by atoms with Crippen LogP contribution >= 0.6 is 0 Å². The Kier molecular flexibility index (Phi) is 9.83. The quantitative estimate of drug-likeness (QED) is 0.228. The zero-order chi connectivity index (χ0) is 27.0. The Labute approximate surface area is 218 Å². The van der Waals surface area contributed by atoms with Gasteiger partial charge in [-0.1, -0.05) is 38.5 Å². The first-order chi connectivity index (χ1) is 17.6. The first-order valence-electron chi connectivity index (χ1n) is 13.4. The maximum absolute atomic E-state index is 12.9. The van der Waals surface area contributed by atoms with Gasteiger partial charge < -0.3 is 10.1 Å². The van der Waals surface area contributed by atoms with Crippen molar-refractivity contribution in [3.8, 4) is 0 Å². The molecule has 202 valence electrons. The molecule has 1 aromatic rings. The van der Waals surface area contributed by atoms with Gasteiger partial charge >= 0.3 is 5.97 Å². The zero-order valence-corrected chi connectivity index (χ0v) is 22.2. The average Bonchev–Trinajstić information content (AvgIpc) is 3.06. The smallest absolute Gasteiger partial charge is 0.306 e. The predicted octanol–water partition coefficient (Wildman–Crippen LogP) is 4.35. The Hall–Kier alpha value is -3.23. The Morgan fingerprint density at radius 3 is 2.22 bits per heavy atom. The van der Waals surface area contributed by atoms with Crippen LogP contribution in [-0.4, -0.2) is 52.7 Å². The first kappa shape index (κ1) is 28.3. The summed E-state index contributed by atoms with van der Waals surface area (Å²) in [5.41, 5.74) is 0.912. The highest BCUT2D eigenvalue weighted by atomic mass is 16.6. The molecule has 3 rings (SSSR count). The SMILES string of the molecule is CC(C)(C)OC(=O)CCCCCCCCCCNc1ccc2c(c1)C(=O)N(C1CCC(=O)NC1=O)C2=O. The summed E-state index contributed by atoms with van der Waals surface area (Å²) < 4.78 is 5.32. The van der Waals surface area contributed by atoms with E-state index < -0.39 is 29.4 Å². The van der Waals surface area contributed by atoms with E-state index in [-0.39, 0.29) is 35.8 Å².